The Morgan fingerprint density at radius 3 is 2.86 bits per heavy atom. The molecule has 14 heavy (non-hydrogen) atoms. The van der Waals surface area contributed by atoms with Gasteiger partial charge in [0.25, 0.3) is 0 Å². The number of rotatable bonds is 3. The summed E-state index contributed by atoms with van der Waals surface area (Å²) in [6, 6.07) is 1.15. The molecule has 0 aromatic rings. The molecule has 0 aromatic heterocycles. The van der Waals surface area contributed by atoms with Crippen molar-refractivity contribution in [3.8, 4) is 0 Å². The fraction of sp³-hybridized carbons (Fsp3) is 0.900. The molecule has 2 aliphatic rings. The Hall–Kier alpha value is -0.610. The smallest absolute Gasteiger partial charge is 0.233 e. The second-order valence-corrected chi connectivity index (χ2v) is 4.34. The number of nitrogens with two attached hydrogens (primary N) is 1. The van der Waals surface area contributed by atoms with Crippen LogP contribution in [0.2, 0.25) is 0 Å². The summed E-state index contributed by atoms with van der Waals surface area (Å²) >= 11 is 0. The summed E-state index contributed by atoms with van der Waals surface area (Å²) in [5, 5.41) is 2.98. The number of hydrogen-bond donors (Lipinski definition) is 2. The Labute approximate surface area is 84.8 Å². The van der Waals surface area contributed by atoms with Gasteiger partial charge in [-0.05, 0) is 32.2 Å². The minimum absolute atomic E-state index is 0.0207. The molecule has 0 aromatic carbocycles. The molecule has 0 radical (unpaired) electrons. The third-order valence-electron chi connectivity index (χ3n) is 3.07. The molecule has 0 spiro atoms. The van der Waals surface area contributed by atoms with Crippen LogP contribution in [0.1, 0.15) is 25.7 Å². The van der Waals surface area contributed by atoms with E-state index < -0.39 is 0 Å². The van der Waals surface area contributed by atoms with Gasteiger partial charge in [-0.15, -0.1) is 0 Å². The van der Waals surface area contributed by atoms with Gasteiger partial charge in [0.1, 0.15) is 0 Å². The van der Waals surface area contributed by atoms with Crippen molar-refractivity contribution in [1.82, 2.24) is 10.2 Å². The van der Waals surface area contributed by atoms with E-state index in [9.17, 15) is 4.79 Å². The van der Waals surface area contributed by atoms with Crippen molar-refractivity contribution in [2.75, 3.05) is 19.6 Å². The number of hydrogen-bond acceptors (Lipinski definition) is 3. The molecule has 1 unspecified atom stereocenters. The highest BCUT2D eigenvalue weighted by molar-refractivity contribution is 5.78. The molecule has 1 saturated carbocycles. The van der Waals surface area contributed by atoms with E-state index in [0.717, 1.165) is 19.0 Å². The zero-order chi connectivity index (χ0) is 9.97. The summed E-state index contributed by atoms with van der Waals surface area (Å²) in [5.41, 5.74) is 5.27. The fourth-order valence-corrected chi connectivity index (χ4v) is 2.18. The zero-order valence-electron chi connectivity index (χ0n) is 8.54. The molecular weight excluding hydrogens is 178 g/mol. The Morgan fingerprint density at radius 1 is 1.43 bits per heavy atom. The zero-order valence-corrected chi connectivity index (χ0v) is 8.54. The van der Waals surface area contributed by atoms with Gasteiger partial charge < -0.3 is 11.1 Å². The monoisotopic (exact) mass is 197 g/mol. The van der Waals surface area contributed by atoms with Gasteiger partial charge in [-0.1, -0.05) is 0 Å². The van der Waals surface area contributed by atoms with Crippen molar-refractivity contribution >= 4 is 5.91 Å². The number of carbonyl (C=O) groups excluding carboxylic acids is 1. The maximum atomic E-state index is 11.1. The minimum Gasteiger partial charge on any atom is -0.351 e. The normalized spacial score (nSPS) is 28.8. The second-order valence-electron chi connectivity index (χ2n) is 4.34. The Morgan fingerprint density at radius 2 is 2.21 bits per heavy atom. The van der Waals surface area contributed by atoms with Crippen molar-refractivity contribution in [1.29, 1.82) is 0 Å². The van der Waals surface area contributed by atoms with E-state index in [1.54, 1.807) is 0 Å². The first-order chi connectivity index (χ1) is 6.79. The number of carbonyl (C=O) groups is 1. The predicted molar refractivity (Wildman–Crippen MR) is 54.8 cm³/mol. The van der Waals surface area contributed by atoms with Crippen molar-refractivity contribution in [3.63, 3.8) is 0 Å². The largest absolute Gasteiger partial charge is 0.351 e. The van der Waals surface area contributed by atoms with Crippen molar-refractivity contribution in [2.24, 2.45) is 5.73 Å². The van der Waals surface area contributed by atoms with E-state index in [1.807, 2.05) is 0 Å². The molecular formula is C10H19N3O. The highest BCUT2D eigenvalue weighted by atomic mass is 16.1. The van der Waals surface area contributed by atoms with Crippen molar-refractivity contribution < 1.29 is 4.79 Å². The SMILES string of the molecule is NCC(=O)NC1CCCN(C2CC2)C1. The second kappa shape index (κ2) is 4.28. The average Bonchev–Trinajstić information content (AvgIpc) is 3.01. The summed E-state index contributed by atoms with van der Waals surface area (Å²) in [4.78, 5) is 13.6. The fourth-order valence-electron chi connectivity index (χ4n) is 2.18. The maximum absolute atomic E-state index is 11.1. The first-order valence-corrected chi connectivity index (χ1v) is 5.53. The lowest BCUT2D eigenvalue weighted by atomic mass is 10.1. The summed E-state index contributed by atoms with van der Waals surface area (Å²) in [7, 11) is 0. The first kappa shape index (κ1) is 9.93. The lowest BCUT2D eigenvalue weighted by molar-refractivity contribution is -0.120. The molecule has 1 atom stereocenters. The van der Waals surface area contributed by atoms with Gasteiger partial charge in [0, 0.05) is 18.6 Å². The van der Waals surface area contributed by atoms with Crippen LogP contribution in [0.25, 0.3) is 0 Å². The van der Waals surface area contributed by atoms with Crippen LogP contribution in [0.3, 0.4) is 0 Å². The van der Waals surface area contributed by atoms with E-state index in [-0.39, 0.29) is 12.5 Å². The van der Waals surface area contributed by atoms with Gasteiger partial charge >= 0.3 is 0 Å². The molecule has 1 aliphatic carbocycles. The molecule has 0 bridgehead atoms. The van der Waals surface area contributed by atoms with Crippen LogP contribution >= 0.6 is 0 Å². The topological polar surface area (TPSA) is 58.4 Å². The van der Waals surface area contributed by atoms with Gasteiger partial charge in [0.2, 0.25) is 5.91 Å². The van der Waals surface area contributed by atoms with Gasteiger partial charge in [-0.25, -0.2) is 0 Å². The van der Waals surface area contributed by atoms with E-state index in [4.69, 9.17) is 5.73 Å². The molecule has 2 fully saturated rings. The highest BCUT2D eigenvalue weighted by Gasteiger charge is 2.32. The van der Waals surface area contributed by atoms with E-state index in [1.165, 1.54) is 25.8 Å². The van der Waals surface area contributed by atoms with Crippen LogP contribution in [0.15, 0.2) is 0 Å². The molecule has 80 valence electrons. The summed E-state index contributed by atoms with van der Waals surface area (Å²) in [5.74, 6) is -0.0207. The van der Waals surface area contributed by atoms with Crippen LogP contribution in [0, 0.1) is 0 Å². The summed E-state index contributed by atoms with van der Waals surface area (Å²) in [6.45, 7) is 2.34. The summed E-state index contributed by atoms with van der Waals surface area (Å²) in [6.07, 6.45) is 5.00. The Kier molecular flexibility index (Phi) is 3.03. The number of likely N-dealkylation sites (tertiary alicyclic amines) is 1. The molecule has 3 N–H and O–H groups in total. The van der Waals surface area contributed by atoms with E-state index in [2.05, 4.69) is 10.2 Å². The molecule has 1 aliphatic heterocycles. The first-order valence-electron chi connectivity index (χ1n) is 5.53. The van der Waals surface area contributed by atoms with Gasteiger partial charge in [-0.2, -0.15) is 0 Å². The van der Waals surface area contributed by atoms with Crippen LogP contribution in [-0.4, -0.2) is 42.5 Å². The lowest BCUT2D eigenvalue weighted by Crippen LogP contribution is -2.49. The van der Waals surface area contributed by atoms with E-state index >= 15 is 0 Å². The average molecular weight is 197 g/mol. The molecule has 1 saturated heterocycles. The van der Waals surface area contributed by atoms with Crippen LogP contribution in [0.4, 0.5) is 0 Å². The van der Waals surface area contributed by atoms with Gasteiger partial charge in [-0.3, -0.25) is 9.69 Å². The summed E-state index contributed by atoms with van der Waals surface area (Å²) < 4.78 is 0. The molecule has 4 heteroatoms. The molecule has 1 heterocycles. The number of amides is 1. The highest BCUT2D eigenvalue weighted by Crippen LogP contribution is 2.29. The minimum atomic E-state index is -0.0207. The quantitative estimate of drug-likeness (QED) is 0.652. The van der Waals surface area contributed by atoms with E-state index in [0.29, 0.717) is 6.04 Å². The predicted octanol–water partition coefficient (Wildman–Crippen LogP) is -0.312. The molecule has 2 rings (SSSR count). The number of nitrogens with zero attached hydrogens (tertiary/aromatic N) is 1. The third-order valence-corrected chi connectivity index (χ3v) is 3.07. The molecule has 4 nitrogen and oxygen atoms in total. The van der Waals surface area contributed by atoms with Crippen LogP contribution < -0.4 is 11.1 Å². The Balaban J connectivity index is 1.78. The lowest BCUT2D eigenvalue weighted by Gasteiger charge is -2.33. The van der Waals surface area contributed by atoms with Crippen molar-refractivity contribution in [2.45, 2.75) is 37.8 Å². The van der Waals surface area contributed by atoms with Crippen LogP contribution in [0.5, 0.6) is 0 Å². The number of nitrogens with one attached hydrogen (secondary N) is 1. The van der Waals surface area contributed by atoms with Gasteiger partial charge in [0.05, 0.1) is 6.54 Å². The molecule has 1 amide bonds. The number of piperidine rings is 1. The van der Waals surface area contributed by atoms with Gasteiger partial charge in [0.15, 0.2) is 0 Å². The Bertz CT molecular complexity index is 215. The maximum Gasteiger partial charge on any atom is 0.233 e. The third kappa shape index (κ3) is 2.45. The standard InChI is InChI=1S/C10H19N3O/c11-6-10(14)12-8-2-1-5-13(7-8)9-3-4-9/h8-9H,1-7,11H2,(H,12,14). The van der Waals surface area contributed by atoms with Crippen molar-refractivity contribution in [3.05, 3.63) is 0 Å². The van der Waals surface area contributed by atoms with Crippen LogP contribution in [-0.2, 0) is 4.79 Å².